The van der Waals surface area contributed by atoms with Crippen molar-refractivity contribution in [1.82, 2.24) is 9.21 Å². The number of rotatable bonds is 7. The molecule has 32 heavy (non-hydrogen) atoms. The molecule has 0 aliphatic carbocycles. The smallest absolute Gasteiger partial charge is 0.289 e. The lowest BCUT2D eigenvalue weighted by molar-refractivity contribution is -0.387. The van der Waals surface area contributed by atoms with Crippen molar-refractivity contribution in [2.45, 2.75) is 11.8 Å². The van der Waals surface area contributed by atoms with Gasteiger partial charge in [-0.05, 0) is 25.1 Å². The molecule has 1 fully saturated rings. The second kappa shape index (κ2) is 9.72. The summed E-state index contributed by atoms with van der Waals surface area (Å²) in [5, 5.41) is 11.5. The van der Waals surface area contributed by atoms with Gasteiger partial charge in [0, 0.05) is 37.8 Å². The van der Waals surface area contributed by atoms with E-state index in [0.717, 1.165) is 10.4 Å². The molecular weight excluding hydrogens is 462 g/mol. The number of carbonyl (C=O) groups is 1. The molecule has 0 N–H and O–H groups in total. The lowest BCUT2D eigenvalue weighted by Gasteiger charge is -2.34. The Labute approximate surface area is 190 Å². The average molecular weight is 484 g/mol. The highest BCUT2D eigenvalue weighted by Crippen LogP contribution is 2.37. The minimum Gasteiger partial charge on any atom is -0.493 e. The summed E-state index contributed by atoms with van der Waals surface area (Å²) in [7, 11) is -2.65. The number of para-hydroxylation sites is 1. The monoisotopic (exact) mass is 483 g/mol. The number of hydrogen-bond donors (Lipinski definition) is 0. The normalized spacial score (nSPS) is 14.8. The van der Waals surface area contributed by atoms with Crippen molar-refractivity contribution >= 4 is 33.2 Å². The van der Waals surface area contributed by atoms with Crippen LogP contribution in [0.25, 0.3) is 0 Å². The fraction of sp³-hybridized carbons (Fsp3) is 0.350. The summed E-state index contributed by atoms with van der Waals surface area (Å²) in [6.45, 7) is 2.41. The van der Waals surface area contributed by atoms with E-state index in [0.29, 0.717) is 18.1 Å². The Balaban J connectivity index is 1.77. The van der Waals surface area contributed by atoms with Crippen molar-refractivity contribution in [3.63, 3.8) is 0 Å². The highest BCUT2D eigenvalue weighted by Gasteiger charge is 2.34. The van der Waals surface area contributed by atoms with E-state index in [1.807, 2.05) is 0 Å². The molecule has 0 bridgehead atoms. The standard InChI is InChI=1S/C20H22ClN3O7S/c1-3-31-19-15(21)12-14(13-17(19)30-2)20(25)22-8-10-23(11-9-22)32(28,29)18-7-5-4-6-16(18)24(26)27/h4-7,12-13H,3,8-11H2,1-2H3. The zero-order chi connectivity index (χ0) is 23.5. The van der Waals surface area contributed by atoms with E-state index in [2.05, 4.69) is 0 Å². The fourth-order valence-corrected chi connectivity index (χ4v) is 5.25. The van der Waals surface area contributed by atoms with Gasteiger partial charge in [0.05, 0.1) is 23.7 Å². The lowest BCUT2D eigenvalue weighted by atomic mass is 10.1. The van der Waals surface area contributed by atoms with E-state index in [-0.39, 0.29) is 47.6 Å². The van der Waals surface area contributed by atoms with Gasteiger partial charge in [-0.3, -0.25) is 14.9 Å². The van der Waals surface area contributed by atoms with Crippen LogP contribution in [0.1, 0.15) is 17.3 Å². The molecule has 1 aliphatic rings. The first kappa shape index (κ1) is 23.8. The third-order valence-corrected chi connectivity index (χ3v) is 7.20. The number of nitro benzene ring substituents is 1. The Bertz CT molecular complexity index is 1130. The number of methoxy groups -OCH3 is 1. The van der Waals surface area contributed by atoms with Crippen LogP contribution < -0.4 is 9.47 Å². The van der Waals surface area contributed by atoms with Crippen LogP contribution >= 0.6 is 11.6 Å². The highest BCUT2D eigenvalue weighted by molar-refractivity contribution is 7.89. The SMILES string of the molecule is CCOc1c(Cl)cc(C(=O)N2CCN(S(=O)(=O)c3ccccc3[N+](=O)[O-])CC2)cc1OC. The van der Waals surface area contributed by atoms with Crippen molar-refractivity contribution in [3.8, 4) is 11.5 Å². The predicted molar refractivity (Wildman–Crippen MR) is 117 cm³/mol. The summed E-state index contributed by atoms with van der Waals surface area (Å²) < 4.78 is 37.8. The molecule has 1 aliphatic heterocycles. The highest BCUT2D eigenvalue weighted by atomic mass is 35.5. The summed E-state index contributed by atoms with van der Waals surface area (Å²) in [5.41, 5.74) is -0.201. The number of nitrogens with zero attached hydrogens (tertiary/aromatic N) is 3. The molecule has 1 amide bonds. The van der Waals surface area contributed by atoms with Crippen LogP contribution in [0.5, 0.6) is 11.5 Å². The maximum atomic E-state index is 13.0. The van der Waals surface area contributed by atoms with Crippen molar-refractivity contribution in [2.75, 3.05) is 39.9 Å². The van der Waals surface area contributed by atoms with Crippen LogP contribution in [-0.2, 0) is 10.0 Å². The lowest BCUT2D eigenvalue weighted by Crippen LogP contribution is -2.50. The van der Waals surface area contributed by atoms with Crippen molar-refractivity contribution in [1.29, 1.82) is 0 Å². The van der Waals surface area contributed by atoms with Gasteiger partial charge in [-0.1, -0.05) is 23.7 Å². The van der Waals surface area contributed by atoms with Gasteiger partial charge in [-0.2, -0.15) is 4.31 Å². The van der Waals surface area contributed by atoms with Crippen LogP contribution in [0, 0.1) is 10.1 Å². The average Bonchev–Trinajstić information content (AvgIpc) is 2.79. The number of hydrogen-bond acceptors (Lipinski definition) is 7. The molecule has 2 aromatic rings. The quantitative estimate of drug-likeness (QED) is 0.438. The van der Waals surface area contributed by atoms with E-state index in [9.17, 15) is 23.3 Å². The maximum absolute atomic E-state index is 13.0. The van der Waals surface area contributed by atoms with Gasteiger partial charge in [-0.15, -0.1) is 0 Å². The largest absolute Gasteiger partial charge is 0.493 e. The number of nitro groups is 1. The third kappa shape index (κ3) is 4.64. The molecule has 1 heterocycles. The maximum Gasteiger partial charge on any atom is 0.289 e. The minimum atomic E-state index is -4.08. The summed E-state index contributed by atoms with van der Waals surface area (Å²) in [4.78, 5) is 24.6. The number of carbonyl (C=O) groups excluding carboxylic acids is 1. The first-order valence-corrected chi connectivity index (χ1v) is 11.6. The molecule has 0 atom stereocenters. The minimum absolute atomic E-state index is 0.00200. The zero-order valence-corrected chi connectivity index (χ0v) is 19.1. The second-order valence-corrected chi connectivity index (χ2v) is 9.16. The Morgan fingerprint density at radius 2 is 1.84 bits per heavy atom. The predicted octanol–water partition coefficient (Wildman–Crippen LogP) is 2.80. The van der Waals surface area contributed by atoms with E-state index in [1.54, 1.807) is 6.92 Å². The number of amides is 1. The fourth-order valence-electron chi connectivity index (χ4n) is 3.41. The molecule has 3 rings (SSSR count). The molecule has 10 nitrogen and oxygen atoms in total. The van der Waals surface area contributed by atoms with Crippen LogP contribution in [0.15, 0.2) is 41.3 Å². The second-order valence-electron chi connectivity index (χ2n) is 6.84. The zero-order valence-electron chi connectivity index (χ0n) is 17.5. The van der Waals surface area contributed by atoms with Crippen molar-refractivity contribution < 1.29 is 27.6 Å². The number of ether oxygens (including phenoxy) is 2. The Hall–Kier alpha value is -2.89. The summed E-state index contributed by atoms with van der Waals surface area (Å²) in [6.07, 6.45) is 0. The van der Waals surface area contributed by atoms with Gasteiger partial charge in [0.15, 0.2) is 16.4 Å². The number of piperazine rings is 1. The van der Waals surface area contributed by atoms with Gasteiger partial charge in [0.25, 0.3) is 11.6 Å². The Morgan fingerprint density at radius 1 is 1.19 bits per heavy atom. The number of benzene rings is 2. The summed E-state index contributed by atoms with van der Waals surface area (Å²) in [6, 6.07) is 8.20. The van der Waals surface area contributed by atoms with Gasteiger partial charge < -0.3 is 14.4 Å². The molecular formula is C20H22ClN3O7S. The first-order valence-electron chi connectivity index (χ1n) is 9.73. The van der Waals surface area contributed by atoms with Gasteiger partial charge in [0.2, 0.25) is 10.0 Å². The topological polar surface area (TPSA) is 119 Å². The van der Waals surface area contributed by atoms with Crippen molar-refractivity contribution in [2.24, 2.45) is 0 Å². The molecule has 12 heteroatoms. The molecule has 0 aromatic heterocycles. The Morgan fingerprint density at radius 3 is 2.44 bits per heavy atom. The van der Waals surface area contributed by atoms with Gasteiger partial charge in [0.1, 0.15) is 0 Å². The molecule has 0 saturated carbocycles. The Kier molecular flexibility index (Phi) is 7.22. The van der Waals surface area contributed by atoms with Gasteiger partial charge in [-0.25, -0.2) is 8.42 Å². The van der Waals surface area contributed by atoms with Crippen LogP contribution in [0.4, 0.5) is 5.69 Å². The summed E-state index contributed by atoms with van der Waals surface area (Å²) >= 11 is 6.25. The molecule has 172 valence electrons. The van der Waals surface area contributed by atoms with Gasteiger partial charge >= 0.3 is 0 Å². The molecule has 1 saturated heterocycles. The molecule has 2 aromatic carbocycles. The van der Waals surface area contributed by atoms with E-state index < -0.39 is 20.6 Å². The molecule has 0 spiro atoms. The van der Waals surface area contributed by atoms with Crippen LogP contribution in [-0.4, -0.2) is 68.3 Å². The number of sulfonamides is 1. The van der Waals surface area contributed by atoms with Crippen molar-refractivity contribution in [3.05, 3.63) is 57.1 Å². The van der Waals surface area contributed by atoms with Crippen LogP contribution in [0.2, 0.25) is 5.02 Å². The molecule has 0 radical (unpaired) electrons. The number of halogens is 1. The summed E-state index contributed by atoms with van der Waals surface area (Å²) in [5.74, 6) is 0.324. The van der Waals surface area contributed by atoms with E-state index >= 15 is 0 Å². The molecule has 0 unspecified atom stereocenters. The van der Waals surface area contributed by atoms with Crippen LogP contribution in [0.3, 0.4) is 0 Å². The first-order chi connectivity index (χ1) is 15.2. The third-order valence-electron chi connectivity index (χ3n) is 4.97. The van der Waals surface area contributed by atoms with E-state index in [1.165, 1.54) is 42.3 Å². The van der Waals surface area contributed by atoms with E-state index in [4.69, 9.17) is 21.1 Å².